The van der Waals surface area contributed by atoms with Crippen molar-refractivity contribution in [3.63, 3.8) is 0 Å². The highest BCUT2D eigenvalue weighted by Gasteiger charge is 2.17. The second-order valence-electron chi connectivity index (χ2n) is 4.81. The topological polar surface area (TPSA) is 75.3 Å². The average molecular weight is 264 g/mol. The monoisotopic (exact) mass is 264 g/mol. The van der Waals surface area contributed by atoms with Gasteiger partial charge in [0, 0.05) is 31.3 Å². The van der Waals surface area contributed by atoms with E-state index in [1.807, 2.05) is 24.3 Å². The Morgan fingerprint density at radius 2 is 1.89 bits per heavy atom. The molecule has 4 N–H and O–H groups in total. The number of hydrogen-bond donors (Lipinski definition) is 3. The van der Waals surface area contributed by atoms with Crippen LogP contribution in [0.2, 0.25) is 0 Å². The molecule has 19 heavy (non-hydrogen) atoms. The van der Waals surface area contributed by atoms with Crippen molar-refractivity contribution in [1.29, 1.82) is 0 Å². The van der Waals surface area contributed by atoms with Crippen molar-refractivity contribution in [3.8, 4) is 0 Å². The molecule has 0 bridgehead atoms. The molecule has 1 aromatic rings. The summed E-state index contributed by atoms with van der Waals surface area (Å²) in [5, 5.41) is 10.5. The summed E-state index contributed by atoms with van der Waals surface area (Å²) in [4.78, 5) is 10.9. The Balaban J connectivity index is 0.000000861. The Bertz CT molecular complexity index is 374. The quantitative estimate of drug-likeness (QED) is 0.720. The van der Waals surface area contributed by atoms with Crippen LogP contribution in [0.5, 0.6) is 0 Å². The van der Waals surface area contributed by atoms with Crippen molar-refractivity contribution in [2.45, 2.75) is 44.3 Å². The third-order valence-corrected chi connectivity index (χ3v) is 3.54. The zero-order chi connectivity index (χ0) is 14.1. The first-order valence-corrected chi connectivity index (χ1v) is 6.76. The van der Waals surface area contributed by atoms with E-state index >= 15 is 0 Å². The predicted octanol–water partition coefficient (Wildman–Crippen LogP) is 1.47. The van der Waals surface area contributed by atoms with Crippen LogP contribution in [0, 0.1) is 0 Å². The molecule has 2 rings (SSSR count). The molecule has 0 aliphatic heterocycles. The zero-order valence-corrected chi connectivity index (χ0v) is 11.5. The molecule has 1 aromatic carbocycles. The summed E-state index contributed by atoms with van der Waals surface area (Å²) in [5.74, 6) is 0. The lowest BCUT2D eigenvalue weighted by molar-refractivity contribution is 0.112. The van der Waals surface area contributed by atoms with Crippen molar-refractivity contribution in [2.75, 3.05) is 7.11 Å². The SMILES string of the molecule is CO.NC1CCC(NCc2ccccc2C=O)CC1. The van der Waals surface area contributed by atoms with Crippen molar-refractivity contribution < 1.29 is 9.90 Å². The lowest BCUT2D eigenvalue weighted by Gasteiger charge is -2.27. The average Bonchev–Trinajstić information content (AvgIpc) is 2.49. The molecule has 1 aliphatic carbocycles. The van der Waals surface area contributed by atoms with Crippen LogP contribution in [-0.4, -0.2) is 30.6 Å². The van der Waals surface area contributed by atoms with Crippen LogP contribution >= 0.6 is 0 Å². The van der Waals surface area contributed by atoms with E-state index in [2.05, 4.69) is 5.32 Å². The zero-order valence-electron chi connectivity index (χ0n) is 11.5. The van der Waals surface area contributed by atoms with E-state index in [4.69, 9.17) is 10.8 Å². The van der Waals surface area contributed by atoms with Crippen molar-refractivity contribution in [1.82, 2.24) is 5.32 Å². The van der Waals surface area contributed by atoms with Gasteiger partial charge in [-0.1, -0.05) is 24.3 Å². The van der Waals surface area contributed by atoms with E-state index in [1.54, 1.807) is 0 Å². The third kappa shape index (κ3) is 5.11. The van der Waals surface area contributed by atoms with Gasteiger partial charge in [-0.3, -0.25) is 4.79 Å². The number of aldehydes is 1. The Morgan fingerprint density at radius 3 is 2.53 bits per heavy atom. The number of aliphatic hydroxyl groups excluding tert-OH is 1. The van der Waals surface area contributed by atoms with Gasteiger partial charge in [-0.2, -0.15) is 0 Å². The number of benzene rings is 1. The molecule has 1 aliphatic rings. The largest absolute Gasteiger partial charge is 0.400 e. The van der Waals surface area contributed by atoms with Gasteiger partial charge >= 0.3 is 0 Å². The molecule has 0 unspecified atom stereocenters. The van der Waals surface area contributed by atoms with E-state index < -0.39 is 0 Å². The first-order chi connectivity index (χ1) is 9.29. The molecule has 1 fully saturated rings. The highest BCUT2D eigenvalue weighted by molar-refractivity contribution is 5.77. The van der Waals surface area contributed by atoms with E-state index in [0.29, 0.717) is 12.1 Å². The third-order valence-electron chi connectivity index (χ3n) is 3.54. The fraction of sp³-hybridized carbons (Fsp3) is 0.533. The Hall–Kier alpha value is -1.23. The molecule has 0 atom stereocenters. The van der Waals surface area contributed by atoms with Gasteiger partial charge in [0.2, 0.25) is 0 Å². The van der Waals surface area contributed by atoms with Crippen LogP contribution in [0.4, 0.5) is 0 Å². The fourth-order valence-corrected chi connectivity index (χ4v) is 2.39. The minimum Gasteiger partial charge on any atom is -0.400 e. The summed E-state index contributed by atoms with van der Waals surface area (Å²) >= 11 is 0. The fourth-order valence-electron chi connectivity index (χ4n) is 2.39. The maximum absolute atomic E-state index is 10.9. The number of carbonyl (C=O) groups is 1. The molecule has 0 saturated heterocycles. The lowest BCUT2D eigenvalue weighted by Crippen LogP contribution is -2.37. The molecule has 4 heteroatoms. The molecule has 1 saturated carbocycles. The van der Waals surface area contributed by atoms with Crippen LogP contribution in [0.25, 0.3) is 0 Å². The normalized spacial score (nSPS) is 22.3. The van der Waals surface area contributed by atoms with Crippen LogP contribution in [0.15, 0.2) is 24.3 Å². The number of carbonyl (C=O) groups excluding carboxylic acids is 1. The van der Waals surface area contributed by atoms with Gasteiger partial charge in [-0.15, -0.1) is 0 Å². The molecule has 106 valence electrons. The van der Waals surface area contributed by atoms with Gasteiger partial charge in [0.15, 0.2) is 0 Å². The Labute approximate surface area is 115 Å². The number of hydrogen-bond acceptors (Lipinski definition) is 4. The van der Waals surface area contributed by atoms with Gasteiger partial charge in [0.1, 0.15) is 6.29 Å². The first-order valence-electron chi connectivity index (χ1n) is 6.76. The van der Waals surface area contributed by atoms with Gasteiger partial charge in [-0.25, -0.2) is 0 Å². The molecule has 0 spiro atoms. The minimum atomic E-state index is 0.385. The van der Waals surface area contributed by atoms with Crippen molar-refractivity contribution >= 4 is 6.29 Å². The maximum Gasteiger partial charge on any atom is 0.150 e. The molecular weight excluding hydrogens is 240 g/mol. The standard InChI is InChI=1S/C14H20N2O.CH4O/c15-13-5-7-14(8-6-13)16-9-11-3-1-2-4-12(11)10-17;1-2/h1-4,10,13-14,16H,5-9,15H2;2H,1H3. The van der Waals surface area contributed by atoms with Gasteiger partial charge in [-0.05, 0) is 31.2 Å². The van der Waals surface area contributed by atoms with Crippen LogP contribution in [0.3, 0.4) is 0 Å². The Kier molecular flexibility index (Phi) is 7.33. The second-order valence-corrected chi connectivity index (χ2v) is 4.81. The van der Waals surface area contributed by atoms with Crippen LogP contribution < -0.4 is 11.1 Å². The summed E-state index contributed by atoms with van der Waals surface area (Å²) in [6.07, 6.45) is 5.42. The summed E-state index contributed by atoms with van der Waals surface area (Å²) in [6.45, 7) is 0.773. The van der Waals surface area contributed by atoms with Crippen molar-refractivity contribution in [3.05, 3.63) is 35.4 Å². The number of nitrogens with one attached hydrogen (secondary N) is 1. The van der Waals surface area contributed by atoms with Gasteiger partial charge in [0.05, 0.1) is 0 Å². The number of rotatable bonds is 4. The molecule has 0 radical (unpaired) electrons. The highest BCUT2D eigenvalue weighted by Crippen LogP contribution is 2.17. The second kappa shape index (κ2) is 8.80. The lowest BCUT2D eigenvalue weighted by atomic mass is 9.91. The van der Waals surface area contributed by atoms with E-state index in [0.717, 1.165) is 56.8 Å². The highest BCUT2D eigenvalue weighted by atomic mass is 16.2. The smallest absolute Gasteiger partial charge is 0.150 e. The summed E-state index contributed by atoms with van der Waals surface area (Å²) in [7, 11) is 1.00. The molecule has 4 nitrogen and oxygen atoms in total. The molecule has 0 amide bonds. The van der Waals surface area contributed by atoms with E-state index in [9.17, 15) is 4.79 Å². The molecule has 0 heterocycles. The summed E-state index contributed by atoms with van der Waals surface area (Å²) in [6, 6.07) is 8.67. The minimum absolute atomic E-state index is 0.385. The van der Waals surface area contributed by atoms with E-state index in [1.165, 1.54) is 0 Å². The Morgan fingerprint density at radius 1 is 1.26 bits per heavy atom. The van der Waals surface area contributed by atoms with E-state index in [-0.39, 0.29) is 0 Å². The molecular formula is C15H24N2O2. The summed E-state index contributed by atoms with van der Waals surface area (Å²) in [5.41, 5.74) is 7.74. The number of aliphatic hydroxyl groups is 1. The van der Waals surface area contributed by atoms with Crippen LogP contribution in [0.1, 0.15) is 41.6 Å². The van der Waals surface area contributed by atoms with Gasteiger partial charge in [0.25, 0.3) is 0 Å². The predicted molar refractivity (Wildman–Crippen MR) is 77.0 cm³/mol. The van der Waals surface area contributed by atoms with Crippen LogP contribution in [-0.2, 0) is 6.54 Å². The number of nitrogens with two attached hydrogens (primary N) is 1. The summed E-state index contributed by atoms with van der Waals surface area (Å²) < 4.78 is 0. The maximum atomic E-state index is 10.9. The molecule has 0 aromatic heterocycles. The van der Waals surface area contributed by atoms with Crippen molar-refractivity contribution in [2.24, 2.45) is 5.73 Å². The first kappa shape index (κ1) is 15.8. The van der Waals surface area contributed by atoms with Gasteiger partial charge < -0.3 is 16.2 Å².